The van der Waals surface area contributed by atoms with Gasteiger partial charge in [-0.2, -0.15) is 5.10 Å². The highest BCUT2D eigenvalue weighted by Crippen LogP contribution is 2.31. The van der Waals surface area contributed by atoms with Crippen molar-refractivity contribution in [1.29, 1.82) is 0 Å². The quantitative estimate of drug-likeness (QED) is 0.722. The molecule has 2 atom stereocenters. The van der Waals surface area contributed by atoms with Crippen molar-refractivity contribution in [2.75, 3.05) is 5.32 Å². The molecule has 0 saturated carbocycles. The molecular weight excluding hydrogens is 374 g/mol. The Hall–Kier alpha value is -3.15. The zero-order valence-electron chi connectivity index (χ0n) is 17.5. The molecule has 1 aliphatic carbocycles. The maximum absolute atomic E-state index is 12.6. The fraction of sp³-hybridized carbons (Fsp3) is 0.375. The summed E-state index contributed by atoms with van der Waals surface area (Å²) in [4.78, 5) is 16.9. The minimum Gasteiger partial charge on any atom is -0.367 e. The van der Waals surface area contributed by atoms with E-state index in [9.17, 15) is 4.79 Å². The number of rotatable bonds is 3. The van der Waals surface area contributed by atoms with E-state index < -0.39 is 0 Å². The van der Waals surface area contributed by atoms with Crippen LogP contribution in [-0.4, -0.2) is 26.3 Å². The largest absolute Gasteiger partial charge is 0.367 e. The molecule has 1 aliphatic heterocycles. The van der Waals surface area contributed by atoms with E-state index in [4.69, 9.17) is 0 Å². The Morgan fingerprint density at radius 3 is 3.00 bits per heavy atom. The SMILES string of the molecule is CC1CC=C(c2ccc3cnn(CC(=O)N=c4ccn5c(c4)NC(C)C5)c3c2)CC1. The second-order valence-corrected chi connectivity index (χ2v) is 8.66. The van der Waals surface area contributed by atoms with Crippen LogP contribution in [0.1, 0.15) is 38.7 Å². The highest BCUT2D eigenvalue weighted by atomic mass is 16.1. The van der Waals surface area contributed by atoms with Crippen molar-refractivity contribution in [2.45, 2.75) is 52.2 Å². The average Bonchev–Trinajstić information content (AvgIpc) is 3.30. The van der Waals surface area contributed by atoms with Gasteiger partial charge in [-0.3, -0.25) is 9.48 Å². The van der Waals surface area contributed by atoms with Crippen LogP contribution >= 0.6 is 0 Å². The fourth-order valence-electron chi connectivity index (χ4n) is 4.40. The third-order valence-corrected chi connectivity index (χ3v) is 6.11. The lowest BCUT2D eigenvalue weighted by atomic mass is 9.87. The van der Waals surface area contributed by atoms with Crippen LogP contribution in [0.4, 0.5) is 5.82 Å². The third-order valence-electron chi connectivity index (χ3n) is 6.11. The molecule has 2 aliphatic rings. The summed E-state index contributed by atoms with van der Waals surface area (Å²) in [6, 6.07) is 10.6. The summed E-state index contributed by atoms with van der Waals surface area (Å²) in [5.41, 5.74) is 3.61. The normalized spacial score (nSPS) is 21.4. The molecule has 0 radical (unpaired) electrons. The van der Waals surface area contributed by atoms with Gasteiger partial charge in [-0.1, -0.05) is 25.1 Å². The molecule has 1 N–H and O–H groups in total. The van der Waals surface area contributed by atoms with Gasteiger partial charge in [0.1, 0.15) is 12.4 Å². The van der Waals surface area contributed by atoms with Crippen molar-refractivity contribution in [1.82, 2.24) is 14.3 Å². The van der Waals surface area contributed by atoms with E-state index in [2.05, 4.69) is 58.1 Å². The highest BCUT2D eigenvalue weighted by Gasteiger charge is 2.15. The summed E-state index contributed by atoms with van der Waals surface area (Å²) in [6.07, 6.45) is 9.63. The molecule has 6 heteroatoms. The van der Waals surface area contributed by atoms with Gasteiger partial charge in [0.05, 0.1) is 17.1 Å². The van der Waals surface area contributed by atoms with E-state index in [1.165, 1.54) is 17.6 Å². The fourth-order valence-corrected chi connectivity index (χ4v) is 4.40. The minimum absolute atomic E-state index is 0.136. The van der Waals surface area contributed by atoms with Crippen molar-refractivity contribution in [3.05, 3.63) is 59.7 Å². The Labute approximate surface area is 175 Å². The van der Waals surface area contributed by atoms with Gasteiger partial charge in [-0.25, -0.2) is 4.99 Å². The predicted molar refractivity (Wildman–Crippen MR) is 119 cm³/mol. The van der Waals surface area contributed by atoms with Crippen molar-refractivity contribution < 1.29 is 4.79 Å². The summed E-state index contributed by atoms with van der Waals surface area (Å²) in [7, 11) is 0. The van der Waals surface area contributed by atoms with E-state index in [0.717, 1.165) is 42.0 Å². The van der Waals surface area contributed by atoms with Crippen LogP contribution in [0.2, 0.25) is 0 Å². The zero-order chi connectivity index (χ0) is 20.7. The van der Waals surface area contributed by atoms with Crippen LogP contribution < -0.4 is 10.7 Å². The van der Waals surface area contributed by atoms with E-state index in [0.29, 0.717) is 11.4 Å². The van der Waals surface area contributed by atoms with Crippen molar-refractivity contribution in [3.63, 3.8) is 0 Å². The summed E-state index contributed by atoms with van der Waals surface area (Å²) >= 11 is 0. The number of hydrogen-bond donors (Lipinski definition) is 1. The molecule has 1 amide bonds. The third kappa shape index (κ3) is 3.70. The Balaban J connectivity index is 1.39. The van der Waals surface area contributed by atoms with Crippen LogP contribution in [0.25, 0.3) is 16.5 Å². The second kappa shape index (κ2) is 7.59. The summed E-state index contributed by atoms with van der Waals surface area (Å²) in [6.45, 7) is 5.50. The van der Waals surface area contributed by atoms with Gasteiger partial charge in [0.2, 0.25) is 0 Å². The molecule has 1 aromatic carbocycles. The van der Waals surface area contributed by atoms with Crippen molar-refractivity contribution in [3.8, 4) is 0 Å². The van der Waals surface area contributed by atoms with E-state index in [1.54, 1.807) is 4.68 Å². The number of fused-ring (bicyclic) bond motifs is 2. The van der Waals surface area contributed by atoms with Crippen LogP contribution in [-0.2, 0) is 17.9 Å². The lowest BCUT2D eigenvalue weighted by molar-refractivity contribution is -0.118. The van der Waals surface area contributed by atoms with Crippen LogP contribution in [0.15, 0.2) is 53.8 Å². The number of allylic oxidation sites excluding steroid dienone is 2. The number of hydrogen-bond acceptors (Lipinski definition) is 3. The topological polar surface area (TPSA) is 64.2 Å². The van der Waals surface area contributed by atoms with E-state index in [1.807, 2.05) is 24.5 Å². The Morgan fingerprint density at radius 1 is 1.27 bits per heavy atom. The maximum Gasteiger partial charge on any atom is 0.267 e. The molecule has 154 valence electrons. The van der Waals surface area contributed by atoms with Crippen LogP contribution in [0, 0.1) is 5.92 Å². The van der Waals surface area contributed by atoms with Crippen LogP contribution in [0.3, 0.4) is 0 Å². The average molecular weight is 402 g/mol. The minimum atomic E-state index is -0.202. The number of nitrogens with one attached hydrogen (secondary N) is 1. The number of carbonyl (C=O) groups is 1. The Bertz CT molecular complexity index is 1220. The molecule has 3 heterocycles. The zero-order valence-corrected chi connectivity index (χ0v) is 17.5. The summed E-state index contributed by atoms with van der Waals surface area (Å²) in [5.74, 6) is 1.56. The van der Waals surface area contributed by atoms with E-state index in [-0.39, 0.29) is 12.5 Å². The second-order valence-electron chi connectivity index (χ2n) is 8.66. The molecule has 30 heavy (non-hydrogen) atoms. The first-order chi connectivity index (χ1) is 14.5. The molecule has 2 aromatic heterocycles. The molecule has 5 rings (SSSR count). The van der Waals surface area contributed by atoms with Gasteiger partial charge < -0.3 is 9.88 Å². The maximum atomic E-state index is 12.6. The first-order valence-corrected chi connectivity index (χ1v) is 10.7. The molecule has 0 spiro atoms. The smallest absolute Gasteiger partial charge is 0.267 e. The first kappa shape index (κ1) is 18.9. The number of pyridine rings is 1. The lowest BCUT2D eigenvalue weighted by Gasteiger charge is -2.18. The van der Waals surface area contributed by atoms with Crippen LogP contribution in [0.5, 0.6) is 0 Å². The molecule has 3 aromatic rings. The highest BCUT2D eigenvalue weighted by molar-refractivity contribution is 5.85. The van der Waals surface area contributed by atoms with E-state index >= 15 is 0 Å². The summed E-state index contributed by atoms with van der Waals surface area (Å²) < 4.78 is 3.90. The molecule has 2 unspecified atom stereocenters. The first-order valence-electron chi connectivity index (χ1n) is 10.7. The number of amides is 1. The standard InChI is InChI=1S/C24H27N5O/c1-16-3-5-18(6-4-16)19-7-8-20-13-25-29(22(20)11-19)15-24(30)27-21-9-10-28-14-17(2)26-23(28)12-21/h5,7-13,16-17,26H,3-4,6,14-15H2,1-2H3. The number of anilines is 1. The summed E-state index contributed by atoms with van der Waals surface area (Å²) in [5, 5.41) is 9.55. The van der Waals surface area contributed by atoms with Gasteiger partial charge >= 0.3 is 0 Å². The molecule has 0 bridgehead atoms. The monoisotopic (exact) mass is 401 g/mol. The number of nitrogens with zero attached hydrogens (tertiary/aromatic N) is 4. The Morgan fingerprint density at radius 2 is 2.17 bits per heavy atom. The molecule has 0 fully saturated rings. The van der Waals surface area contributed by atoms with Gasteiger partial charge in [-0.15, -0.1) is 0 Å². The van der Waals surface area contributed by atoms with Gasteiger partial charge in [0, 0.05) is 30.2 Å². The number of benzene rings is 1. The lowest BCUT2D eigenvalue weighted by Crippen LogP contribution is -2.14. The number of carbonyl (C=O) groups excluding carboxylic acids is 1. The van der Waals surface area contributed by atoms with Crippen molar-refractivity contribution in [2.24, 2.45) is 10.9 Å². The molecular formula is C24H27N5O. The van der Waals surface area contributed by atoms with Gasteiger partial charge in [0.15, 0.2) is 0 Å². The van der Waals surface area contributed by atoms with Gasteiger partial charge in [0.25, 0.3) is 5.91 Å². The molecule has 0 saturated heterocycles. The van der Waals surface area contributed by atoms with Crippen molar-refractivity contribution >= 4 is 28.2 Å². The number of aromatic nitrogens is 3. The Kier molecular flexibility index (Phi) is 4.77. The molecule has 6 nitrogen and oxygen atoms in total. The van der Waals surface area contributed by atoms with Gasteiger partial charge in [-0.05, 0) is 55.4 Å². The predicted octanol–water partition coefficient (Wildman–Crippen LogP) is 3.98.